The third-order valence-electron chi connectivity index (χ3n) is 6.18. The summed E-state index contributed by atoms with van der Waals surface area (Å²) in [7, 11) is 0. The summed E-state index contributed by atoms with van der Waals surface area (Å²) in [6, 6.07) is 16.2. The number of aliphatic hydroxyl groups is 1. The lowest BCUT2D eigenvalue weighted by Gasteiger charge is -2.28. The first-order valence-electron chi connectivity index (χ1n) is 12.2. The largest absolute Gasteiger partial charge is 0.381 e. The van der Waals surface area contributed by atoms with Crippen molar-refractivity contribution in [3.05, 3.63) is 130 Å². The summed E-state index contributed by atoms with van der Waals surface area (Å²) >= 11 is 5.87. The van der Waals surface area contributed by atoms with Gasteiger partial charge in [0.2, 0.25) is 5.91 Å². The van der Waals surface area contributed by atoms with Crippen LogP contribution in [0.15, 0.2) is 96.6 Å². The highest BCUT2D eigenvalue weighted by molar-refractivity contribution is 6.30. The topological polar surface area (TPSA) is 120 Å². The Hall–Kier alpha value is -4.94. The summed E-state index contributed by atoms with van der Waals surface area (Å²) < 4.78 is 31.8. The van der Waals surface area contributed by atoms with E-state index in [0.29, 0.717) is 22.5 Å². The van der Waals surface area contributed by atoms with Crippen LogP contribution in [0.5, 0.6) is 0 Å². The van der Waals surface area contributed by atoms with E-state index in [4.69, 9.17) is 11.6 Å². The Morgan fingerprint density at radius 2 is 1.76 bits per heavy atom. The molecule has 0 bridgehead atoms. The predicted molar refractivity (Wildman–Crippen MR) is 147 cm³/mol. The van der Waals surface area contributed by atoms with Crippen LogP contribution >= 0.6 is 11.6 Å². The van der Waals surface area contributed by atoms with Crippen molar-refractivity contribution in [3.8, 4) is 5.69 Å². The van der Waals surface area contributed by atoms with Crippen LogP contribution in [0.25, 0.3) is 11.8 Å². The van der Waals surface area contributed by atoms with E-state index < -0.39 is 29.5 Å². The second kappa shape index (κ2) is 11.7. The van der Waals surface area contributed by atoms with Crippen molar-refractivity contribution in [2.24, 2.45) is 0 Å². The van der Waals surface area contributed by atoms with Crippen LogP contribution in [0.2, 0.25) is 5.02 Å². The van der Waals surface area contributed by atoms with E-state index in [1.54, 1.807) is 54.6 Å². The number of nitrogens with one attached hydrogen (secondary N) is 1. The van der Waals surface area contributed by atoms with Gasteiger partial charge in [-0.25, -0.2) is 32.5 Å². The standard InChI is InChI=1S/C28H22ClF2N7O3/c29-20-4-1-19(2-5-20)3-12-26(39)35-22-7-9-23(10-8-22)37-18-34-38(27(37)40)15-28(41,14-36-17-32-16-33-36)24-11-6-21(30)13-25(24)31/h1-13,16-18,41H,14-15H2,(H,35,39)/b12-3+/t28-/m0/s1. The predicted octanol–water partition coefficient (Wildman–Crippen LogP) is 3.80. The van der Waals surface area contributed by atoms with Crippen molar-refractivity contribution in [2.45, 2.75) is 18.7 Å². The van der Waals surface area contributed by atoms with Gasteiger partial charge in [-0.05, 0) is 54.1 Å². The average molecular weight is 578 g/mol. The van der Waals surface area contributed by atoms with Gasteiger partial charge < -0.3 is 10.4 Å². The summed E-state index contributed by atoms with van der Waals surface area (Å²) in [5.74, 6) is -2.15. The summed E-state index contributed by atoms with van der Waals surface area (Å²) in [5, 5.41) is 22.9. The van der Waals surface area contributed by atoms with E-state index >= 15 is 0 Å². The molecule has 2 aromatic heterocycles. The second-order valence-electron chi connectivity index (χ2n) is 9.11. The number of rotatable bonds is 9. The van der Waals surface area contributed by atoms with Gasteiger partial charge in [0.25, 0.3) is 0 Å². The fraction of sp³-hybridized carbons (Fsp3) is 0.107. The smallest absolute Gasteiger partial charge is 0.350 e. The highest BCUT2D eigenvalue weighted by Crippen LogP contribution is 2.28. The zero-order valence-corrected chi connectivity index (χ0v) is 22.0. The van der Waals surface area contributed by atoms with Crippen LogP contribution in [0.3, 0.4) is 0 Å². The molecule has 0 saturated carbocycles. The van der Waals surface area contributed by atoms with E-state index in [1.807, 2.05) is 0 Å². The third kappa shape index (κ3) is 6.45. The maximum atomic E-state index is 14.7. The zero-order chi connectivity index (χ0) is 29.0. The first kappa shape index (κ1) is 27.6. The quantitative estimate of drug-likeness (QED) is 0.257. The van der Waals surface area contributed by atoms with Crippen molar-refractivity contribution in [1.29, 1.82) is 0 Å². The van der Waals surface area contributed by atoms with Gasteiger partial charge >= 0.3 is 5.69 Å². The summed E-state index contributed by atoms with van der Waals surface area (Å²) in [4.78, 5) is 29.3. The maximum absolute atomic E-state index is 14.7. The molecule has 3 aromatic carbocycles. The molecule has 0 aliphatic rings. The van der Waals surface area contributed by atoms with Crippen molar-refractivity contribution in [1.82, 2.24) is 29.1 Å². The molecule has 0 aliphatic heterocycles. The van der Waals surface area contributed by atoms with Crippen LogP contribution in [0.4, 0.5) is 14.5 Å². The minimum absolute atomic E-state index is 0.235. The van der Waals surface area contributed by atoms with Crippen LogP contribution in [-0.4, -0.2) is 40.1 Å². The summed E-state index contributed by atoms with van der Waals surface area (Å²) in [5.41, 5.74) is -1.14. The number of carbonyl (C=O) groups excluding carboxylic acids is 1. The molecule has 10 nitrogen and oxygen atoms in total. The summed E-state index contributed by atoms with van der Waals surface area (Å²) in [6.45, 7) is -0.745. The number of aromatic nitrogens is 6. The Morgan fingerprint density at radius 3 is 2.44 bits per heavy atom. The number of nitrogens with zero attached hydrogens (tertiary/aromatic N) is 6. The summed E-state index contributed by atoms with van der Waals surface area (Å²) in [6.07, 6.45) is 6.85. The van der Waals surface area contributed by atoms with E-state index in [1.165, 1.54) is 34.3 Å². The normalized spacial score (nSPS) is 12.9. The lowest BCUT2D eigenvalue weighted by molar-refractivity contribution is -0.111. The van der Waals surface area contributed by atoms with Crippen LogP contribution in [0.1, 0.15) is 11.1 Å². The highest BCUT2D eigenvalue weighted by Gasteiger charge is 2.35. The molecule has 208 valence electrons. The molecule has 0 fully saturated rings. The van der Waals surface area contributed by atoms with Crippen molar-refractivity contribution < 1.29 is 18.7 Å². The molecule has 1 amide bonds. The molecule has 41 heavy (non-hydrogen) atoms. The molecule has 0 unspecified atom stereocenters. The molecule has 0 saturated heterocycles. The van der Waals surface area contributed by atoms with Crippen molar-refractivity contribution in [3.63, 3.8) is 0 Å². The van der Waals surface area contributed by atoms with Gasteiger partial charge in [0.05, 0.1) is 18.8 Å². The Balaban J connectivity index is 1.33. The highest BCUT2D eigenvalue weighted by atomic mass is 35.5. The van der Waals surface area contributed by atoms with Crippen molar-refractivity contribution >= 4 is 29.3 Å². The van der Waals surface area contributed by atoms with Crippen molar-refractivity contribution in [2.75, 3.05) is 5.32 Å². The Morgan fingerprint density at radius 1 is 1.00 bits per heavy atom. The number of amides is 1. The maximum Gasteiger partial charge on any atom is 0.350 e. The number of hydrogen-bond acceptors (Lipinski definition) is 6. The lowest BCUT2D eigenvalue weighted by Crippen LogP contribution is -2.41. The van der Waals surface area contributed by atoms with Gasteiger partial charge in [-0.3, -0.25) is 4.79 Å². The first-order chi connectivity index (χ1) is 19.7. The van der Waals surface area contributed by atoms with E-state index in [-0.39, 0.29) is 18.0 Å². The second-order valence-corrected chi connectivity index (χ2v) is 9.55. The number of benzene rings is 3. The fourth-order valence-electron chi connectivity index (χ4n) is 4.18. The van der Waals surface area contributed by atoms with E-state index in [2.05, 4.69) is 20.5 Å². The monoisotopic (exact) mass is 577 g/mol. The SMILES string of the molecule is O=C(/C=C/c1ccc(Cl)cc1)Nc1ccc(-n2cnn(C[C@@](O)(Cn3cncn3)c3ccc(F)cc3F)c2=O)cc1. The van der Waals surface area contributed by atoms with Crippen LogP contribution in [0, 0.1) is 11.6 Å². The number of anilines is 1. The molecule has 0 aliphatic carbocycles. The molecule has 0 spiro atoms. The van der Waals surface area contributed by atoms with Gasteiger partial charge in [-0.1, -0.05) is 29.8 Å². The molecule has 13 heteroatoms. The van der Waals surface area contributed by atoms with Crippen LogP contribution in [-0.2, 0) is 23.5 Å². The van der Waals surface area contributed by atoms with Gasteiger partial charge in [-0.15, -0.1) is 0 Å². The Bertz CT molecular complexity index is 1750. The van der Waals surface area contributed by atoms with E-state index in [9.17, 15) is 23.5 Å². The molecular weight excluding hydrogens is 556 g/mol. The number of carbonyl (C=O) groups is 1. The van der Waals surface area contributed by atoms with Crippen LogP contribution < -0.4 is 11.0 Å². The first-order valence-corrected chi connectivity index (χ1v) is 12.6. The van der Waals surface area contributed by atoms with Gasteiger partial charge in [-0.2, -0.15) is 10.2 Å². The zero-order valence-electron chi connectivity index (χ0n) is 21.2. The lowest BCUT2D eigenvalue weighted by atomic mass is 9.93. The molecule has 5 rings (SSSR count). The average Bonchev–Trinajstić information content (AvgIpc) is 3.58. The van der Waals surface area contributed by atoms with E-state index in [0.717, 1.165) is 22.4 Å². The minimum Gasteiger partial charge on any atom is -0.381 e. The van der Waals surface area contributed by atoms with Gasteiger partial charge in [0.15, 0.2) is 0 Å². The van der Waals surface area contributed by atoms with Gasteiger partial charge in [0, 0.05) is 28.4 Å². The number of hydrogen-bond donors (Lipinski definition) is 2. The third-order valence-corrected chi connectivity index (χ3v) is 6.43. The molecule has 5 aromatic rings. The molecule has 1 atom stereocenters. The Kier molecular flexibility index (Phi) is 7.86. The molecule has 2 N–H and O–H groups in total. The number of halogens is 3. The molecule has 0 radical (unpaired) electrons. The Labute approximate surface area is 236 Å². The fourth-order valence-corrected chi connectivity index (χ4v) is 4.30. The molecular formula is C28H22ClF2N7O3. The minimum atomic E-state index is -2.03. The van der Waals surface area contributed by atoms with Gasteiger partial charge in [0.1, 0.15) is 36.2 Å². The molecule has 2 heterocycles.